The molecule has 0 bridgehead atoms. The van der Waals surface area contributed by atoms with Crippen LogP contribution in [0.25, 0.3) is 0 Å². The first-order chi connectivity index (χ1) is 12.8. The maximum absolute atomic E-state index is 12.3. The summed E-state index contributed by atoms with van der Waals surface area (Å²) in [7, 11) is -1.87. The van der Waals surface area contributed by atoms with E-state index < -0.39 is 16.4 Å². The quantitative estimate of drug-likeness (QED) is 0.584. The van der Waals surface area contributed by atoms with Crippen molar-refractivity contribution in [3.8, 4) is 0 Å². The number of rotatable bonds is 4. The average molecular weight is 434 g/mol. The Morgan fingerprint density at radius 1 is 1.30 bits per heavy atom. The van der Waals surface area contributed by atoms with Crippen LogP contribution in [0.2, 0.25) is 5.02 Å². The Morgan fingerprint density at radius 3 is 2.56 bits per heavy atom. The number of thiophene rings is 1. The zero-order valence-electron chi connectivity index (χ0n) is 14.8. The van der Waals surface area contributed by atoms with Crippen molar-refractivity contribution in [1.29, 1.82) is 0 Å². The largest absolute Gasteiger partial charge is 0.468 e. The zero-order valence-corrected chi connectivity index (χ0v) is 17.2. The van der Waals surface area contributed by atoms with E-state index in [-0.39, 0.29) is 5.97 Å². The van der Waals surface area contributed by atoms with Gasteiger partial charge in [0.05, 0.1) is 14.2 Å². The fourth-order valence-electron chi connectivity index (χ4n) is 2.77. The van der Waals surface area contributed by atoms with Gasteiger partial charge in [0.25, 0.3) is 0 Å². The van der Waals surface area contributed by atoms with Gasteiger partial charge in [-0.15, -0.1) is 11.3 Å². The second kappa shape index (κ2) is 9.63. The molecule has 0 radical (unpaired) electrons. The van der Waals surface area contributed by atoms with Gasteiger partial charge in [0, 0.05) is 23.0 Å². The Morgan fingerprint density at radius 2 is 1.96 bits per heavy atom. The molecule has 0 amide bonds. The summed E-state index contributed by atoms with van der Waals surface area (Å²) in [5, 5.41) is 2.71. The number of carbonyl (C=O) groups excluding carboxylic acids is 1. The zero-order chi connectivity index (χ0) is 20.0. The molecule has 27 heavy (non-hydrogen) atoms. The molecule has 0 aliphatic carbocycles. The topological polar surface area (TPSA) is 93.1 Å². The first-order valence-corrected chi connectivity index (χ1v) is 10.5. The normalized spacial score (nSPS) is 15.3. The first kappa shape index (κ1) is 21.8. The number of ether oxygens (including phenoxy) is 1. The Balaban J connectivity index is 0.000000380. The fraction of sp³-hybridized carbons (Fsp3) is 0.353. The lowest BCUT2D eigenvalue weighted by Crippen LogP contribution is -2.38. The molecule has 0 unspecified atom stereocenters. The van der Waals surface area contributed by atoms with E-state index in [9.17, 15) is 13.2 Å². The summed E-state index contributed by atoms with van der Waals surface area (Å²) in [4.78, 5) is 15.8. The van der Waals surface area contributed by atoms with Gasteiger partial charge >= 0.3 is 16.4 Å². The summed E-state index contributed by atoms with van der Waals surface area (Å²) < 4.78 is 34.7. The molecular weight excluding hydrogens is 414 g/mol. The van der Waals surface area contributed by atoms with E-state index in [1.54, 1.807) is 11.3 Å². The number of methoxy groups -OCH3 is 1. The Hall–Kier alpha value is -1.49. The molecule has 1 aromatic carbocycles. The predicted molar refractivity (Wildman–Crippen MR) is 103 cm³/mol. The van der Waals surface area contributed by atoms with Gasteiger partial charge in [-0.1, -0.05) is 29.8 Å². The molecule has 0 fully saturated rings. The number of nitrogens with zero attached hydrogens (tertiary/aromatic N) is 1. The highest BCUT2D eigenvalue weighted by Crippen LogP contribution is 2.33. The van der Waals surface area contributed by atoms with E-state index in [0.717, 1.165) is 32.2 Å². The van der Waals surface area contributed by atoms with Crippen LogP contribution in [0.1, 0.15) is 22.0 Å². The van der Waals surface area contributed by atoms with Gasteiger partial charge in [-0.05, 0) is 35.1 Å². The Labute approximate surface area is 167 Å². The van der Waals surface area contributed by atoms with Crippen LogP contribution in [0.3, 0.4) is 0 Å². The molecule has 3 rings (SSSR count). The number of fused-ring (bicyclic) bond motifs is 1. The van der Waals surface area contributed by atoms with Crippen molar-refractivity contribution in [3.63, 3.8) is 0 Å². The third-order valence-electron chi connectivity index (χ3n) is 4.04. The molecule has 1 atom stereocenters. The molecule has 1 aliphatic heterocycles. The van der Waals surface area contributed by atoms with Crippen molar-refractivity contribution in [2.75, 3.05) is 20.8 Å². The van der Waals surface area contributed by atoms with Gasteiger partial charge in [-0.2, -0.15) is 8.42 Å². The number of hydrogen-bond acceptors (Lipinski definition) is 7. The highest BCUT2D eigenvalue weighted by molar-refractivity contribution is 7.80. The second-order valence-corrected chi connectivity index (χ2v) is 8.23. The van der Waals surface area contributed by atoms with Crippen LogP contribution >= 0.6 is 22.9 Å². The van der Waals surface area contributed by atoms with Crippen LogP contribution < -0.4 is 0 Å². The van der Waals surface area contributed by atoms with E-state index in [1.807, 2.05) is 24.3 Å². The van der Waals surface area contributed by atoms with Crippen LogP contribution in [0, 0.1) is 0 Å². The minimum Gasteiger partial charge on any atom is -0.468 e. The summed E-state index contributed by atoms with van der Waals surface area (Å²) in [6, 6.07) is 9.16. The van der Waals surface area contributed by atoms with Crippen molar-refractivity contribution in [1.82, 2.24) is 4.90 Å². The van der Waals surface area contributed by atoms with Crippen LogP contribution in [0.5, 0.6) is 0 Å². The average Bonchev–Trinajstić information content (AvgIpc) is 3.11. The third-order valence-corrected chi connectivity index (χ3v) is 5.83. The Bertz CT molecular complexity index is 883. The third kappa shape index (κ3) is 6.00. The summed E-state index contributed by atoms with van der Waals surface area (Å²) in [6.45, 7) is 1.59. The fourth-order valence-corrected chi connectivity index (χ4v) is 3.90. The van der Waals surface area contributed by atoms with Crippen LogP contribution in [0.4, 0.5) is 0 Å². The maximum atomic E-state index is 12.3. The lowest BCUT2D eigenvalue weighted by molar-refractivity contribution is -0.147. The molecule has 2 aromatic rings. The molecule has 0 saturated heterocycles. The van der Waals surface area contributed by atoms with Crippen LogP contribution in [0.15, 0.2) is 35.7 Å². The summed E-state index contributed by atoms with van der Waals surface area (Å²) >= 11 is 8.07. The van der Waals surface area contributed by atoms with Crippen LogP contribution in [-0.4, -0.2) is 44.6 Å². The maximum Gasteiger partial charge on any atom is 0.397 e. The van der Waals surface area contributed by atoms with E-state index in [2.05, 4.69) is 20.5 Å². The van der Waals surface area contributed by atoms with Crippen molar-refractivity contribution in [2.24, 2.45) is 0 Å². The number of halogens is 1. The summed E-state index contributed by atoms with van der Waals surface area (Å²) in [5.41, 5.74) is 2.11. The number of benzene rings is 1. The lowest BCUT2D eigenvalue weighted by Gasteiger charge is -2.33. The molecule has 1 aliphatic rings. The van der Waals surface area contributed by atoms with Crippen molar-refractivity contribution >= 4 is 39.3 Å². The minimum atomic E-state index is -4.16. The summed E-state index contributed by atoms with van der Waals surface area (Å²) in [5.74, 6) is -0.262. The summed E-state index contributed by atoms with van der Waals surface area (Å²) in [6.07, 6.45) is 0.963. The van der Waals surface area contributed by atoms with Crippen molar-refractivity contribution in [3.05, 3.63) is 56.7 Å². The highest BCUT2D eigenvalue weighted by Gasteiger charge is 2.32. The minimum absolute atomic E-state index is 0.262. The molecular formula is C17H20ClNO6S2. The van der Waals surface area contributed by atoms with Gasteiger partial charge in [-0.3, -0.25) is 13.6 Å². The van der Waals surface area contributed by atoms with Gasteiger partial charge < -0.3 is 4.74 Å². The smallest absolute Gasteiger partial charge is 0.397 e. The Kier molecular flexibility index (Phi) is 7.78. The predicted octanol–water partition coefficient (Wildman–Crippen LogP) is 3.11. The van der Waals surface area contributed by atoms with Gasteiger partial charge in [0.2, 0.25) is 0 Å². The number of carbonyl (C=O) groups is 1. The SMILES string of the molecule is COC(=O)[C@@H](c1ccccc1Cl)N1CCc2sccc2C1.COS(=O)(=O)O. The van der Waals surface area contributed by atoms with E-state index in [0.29, 0.717) is 5.02 Å². The number of hydrogen-bond donors (Lipinski definition) is 1. The molecule has 10 heteroatoms. The van der Waals surface area contributed by atoms with Crippen molar-refractivity contribution < 1.29 is 26.7 Å². The van der Waals surface area contributed by atoms with Gasteiger partial charge in [0.15, 0.2) is 0 Å². The number of esters is 1. The first-order valence-electron chi connectivity index (χ1n) is 7.91. The molecule has 0 spiro atoms. The van der Waals surface area contributed by atoms with Gasteiger partial charge in [0.1, 0.15) is 6.04 Å². The molecule has 7 nitrogen and oxygen atoms in total. The van der Waals surface area contributed by atoms with Gasteiger partial charge in [-0.25, -0.2) is 4.79 Å². The second-order valence-electron chi connectivity index (χ2n) is 5.63. The van der Waals surface area contributed by atoms with E-state index in [4.69, 9.17) is 20.9 Å². The molecule has 0 saturated carbocycles. The lowest BCUT2D eigenvalue weighted by atomic mass is 10.0. The molecule has 148 valence electrons. The van der Waals surface area contributed by atoms with Crippen molar-refractivity contribution in [2.45, 2.75) is 19.0 Å². The molecule has 1 N–H and O–H groups in total. The van der Waals surface area contributed by atoms with E-state index in [1.165, 1.54) is 17.6 Å². The molecule has 1 aromatic heterocycles. The monoisotopic (exact) mass is 433 g/mol. The van der Waals surface area contributed by atoms with Crippen LogP contribution in [-0.2, 0) is 37.1 Å². The molecule has 2 heterocycles. The standard InChI is InChI=1S/C16H16ClNO2S.CH4O4S/c1-20-16(19)15(12-4-2-3-5-13(12)17)18-8-6-14-11(10-18)7-9-21-14;1-5-6(2,3)4/h2-5,7,9,15H,6,8,10H2,1H3;1H3,(H,2,3,4)/t15-;/m1./s1. The van der Waals surface area contributed by atoms with E-state index >= 15 is 0 Å². The highest BCUT2D eigenvalue weighted by atomic mass is 35.5.